The summed E-state index contributed by atoms with van der Waals surface area (Å²) >= 11 is 6.36. The molecule has 0 saturated heterocycles. The SMILES string of the molecule is Cc1ccc(NC2CCCCCC2Cl)nn1. The molecule has 88 valence electrons. The molecule has 3 nitrogen and oxygen atoms in total. The lowest BCUT2D eigenvalue weighted by molar-refractivity contribution is 0.623. The summed E-state index contributed by atoms with van der Waals surface area (Å²) in [7, 11) is 0. The van der Waals surface area contributed by atoms with Crippen molar-refractivity contribution in [2.45, 2.75) is 50.4 Å². The van der Waals surface area contributed by atoms with E-state index in [0.29, 0.717) is 6.04 Å². The van der Waals surface area contributed by atoms with Crippen LogP contribution in [0.3, 0.4) is 0 Å². The molecule has 1 aromatic rings. The first-order chi connectivity index (χ1) is 7.75. The lowest BCUT2D eigenvalue weighted by atomic mass is 10.1. The van der Waals surface area contributed by atoms with E-state index in [1.54, 1.807) is 0 Å². The highest BCUT2D eigenvalue weighted by molar-refractivity contribution is 6.21. The molecule has 0 aliphatic heterocycles. The van der Waals surface area contributed by atoms with E-state index >= 15 is 0 Å². The molecule has 16 heavy (non-hydrogen) atoms. The fourth-order valence-electron chi connectivity index (χ4n) is 2.09. The molecular formula is C12H18ClN3. The fraction of sp³-hybridized carbons (Fsp3) is 0.667. The van der Waals surface area contributed by atoms with Gasteiger partial charge in [-0.25, -0.2) is 0 Å². The van der Waals surface area contributed by atoms with E-state index in [1.165, 1.54) is 19.3 Å². The van der Waals surface area contributed by atoms with Gasteiger partial charge in [-0.1, -0.05) is 19.3 Å². The zero-order valence-corrected chi connectivity index (χ0v) is 10.4. The van der Waals surface area contributed by atoms with Gasteiger partial charge in [0.05, 0.1) is 11.1 Å². The van der Waals surface area contributed by atoms with Crippen LogP contribution in [0.1, 0.15) is 37.8 Å². The number of hydrogen-bond acceptors (Lipinski definition) is 3. The minimum atomic E-state index is 0.214. The quantitative estimate of drug-likeness (QED) is 0.637. The first-order valence-corrected chi connectivity index (χ1v) is 6.40. The van der Waals surface area contributed by atoms with Crippen LogP contribution < -0.4 is 5.32 Å². The maximum Gasteiger partial charge on any atom is 0.148 e. The van der Waals surface area contributed by atoms with Crippen molar-refractivity contribution in [1.29, 1.82) is 0 Å². The van der Waals surface area contributed by atoms with Gasteiger partial charge in [0, 0.05) is 6.04 Å². The van der Waals surface area contributed by atoms with Gasteiger partial charge in [0.25, 0.3) is 0 Å². The predicted octanol–water partition coefficient (Wildman–Crippen LogP) is 3.14. The third kappa shape index (κ3) is 3.08. The average molecular weight is 240 g/mol. The Kier molecular flexibility index (Phi) is 3.99. The van der Waals surface area contributed by atoms with Crippen molar-refractivity contribution in [1.82, 2.24) is 10.2 Å². The number of alkyl halides is 1. The Hall–Kier alpha value is -0.830. The van der Waals surface area contributed by atoms with E-state index < -0.39 is 0 Å². The number of aromatic nitrogens is 2. The zero-order valence-electron chi connectivity index (χ0n) is 9.62. The first kappa shape index (κ1) is 11.6. The maximum absolute atomic E-state index is 6.36. The number of nitrogens with zero attached hydrogens (tertiary/aromatic N) is 2. The summed E-state index contributed by atoms with van der Waals surface area (Å²) in [4.78, 5) is 0. The van der Waals surface area contributed by atoms with Crippen molar-refractivity contribution in [2.24, 2.45) is 0 Å². The molecule has 0 amide bonds. The van der Waals surface area contributed by atoms with Crippen LogP contribution in [0.25, 0.3) is 0 Å². The van der Waals surface area contributed by atoms with Crippen LogP contribution in [0.4, 0.5) is 5.82 Å². The van der Waals surface area contributed by atoms with Crippen LogP contribution in [0, 0.1) is 6.92 Å². The van der Waals surface area contributed by atoms with Gasteiger partial charge in [-0.05, 0) is 31.9 Å². The number of rotatable bonds is 2. The molecule has 0 aromatic carbocycles. The molecule has 2 atom stereocenters. The summed E-state index contributed by atoms with van der Waals surface area (Å²) in [6.45, 7) is 1.94. The minimum Gasteiger partial charge on any atom is -0.364 e. The Bertz CT molecular complexity index is 326. The molecule has 0 bridgehead atoms. The third-order valence-electron chi connectivity index (χ3n) is 3.06. The van der Waals surface area contributed by atoms with Crippen LogP contribution in [-0.2, 0) is 0 Å². The first-order valence-electron chi connectivity index (χ1n) is 5.96. The van der Waals surface area contributed by atoms with E-state index in [1.807, 2.05) is 19.1 Å². The molecule has 1 aliphatic carbocycles. The van der Waals surface area contributed by atoms with Crippen molar-refractivity contribution in [3.63, 3.8) is 0 Å². The van der Waals surface area contributed by atoms with E-state index in [9.17, 15) is 0 Å². The van der Waals surface area contributed by atoms with Crippen molar-refractivity contribution < 1.29 is 0 Å². The topological polar surface area (TPSA) is 37.8 Å². The van der Waals surface area contributed by atoms with Crippen molar-refractivity contribution in [3.05, 3.63) is 17.8 Å². The maximum atomic E-state index is 6.36. The summed E-state index contributed by atoms with van der Waals surface area (Å²) in [5, 5.41) is 11.8. The highest BCUT2D eigenvalue weighted by Gasteiger charge is 2.21. The molecule has 0 spiro atoms. The highest BCUT2D eigenvalue weighted by atomic mass is 35.5. The van der Waals surface area contributed by atoms with Crippen LogP contribution >= 0.6 is 11.6 Å². The number of halogens is 1. The average Bonchev–Trinajstić information content (AvgIpc) is 2.48. The van der Waals surface area contributed by atoms with E-state index in [2.05, 4.69) is 15.5 Å². The Balaban J connectivity index is 1.99. The van der Waals surface area contributed by atoms with Gasteiger partial charge in [-0.2, -0.15) is 5.10 Å². The molecule has 0 radical (unpaired) electrons. The van der Waals surface area contributed by atoms with Crippen molar-refractivity contribution in [3.8, 4) is 0 Å². The smallest absolute Gasteiger partial charge is 0.148 e. The summed E-state index contributed by atoms with van der Waals surface area (Å²) in [6, 6.07) is 4.27. The monoisotopic (exact) mass is 239 g/mol. The van der Waals surface area contributed by atoms with Crippen molar-refractivity contribution >= 4 is 17.4 Å². The molecule has 4 heteroatoms. The van der Waals surface area contributed by atoms with E-state index in [4.69, 9.17) is 11.6 Å². The van der Waals surface area contributed by atoms with Crippen molar-refractivity contribution in [2.75, 3.05) is 5.32 Å². The van der Waals surface area contributed by atoms with Gasteiger partial charge in [-0.15, -0.1) is 16.7 Å². The normalized spacial score (nSPS) is 26.1. The Morgan fingerprint density at radius 2 is 2.00 bits per heavy atom. The molecule has 1 fully saturated rings. The fourth-order valence-corrected chi connectivity index (χ4v) is 2.43. The summed E-state index contributed by atoms with van der Waals surface area (Å²) in [5.74, 6) is 0.836. The third-order valence-corrected chi connectivity index (χ3v) is 3.59. The molecule has 1 heterocycles. The van der Waals surface area contributed by atoms with Crippen LogP contribution in [0.2, 0.25) is 0 Å². The lowest BCUT2D eigenvalue weighted by Crippen LogP contribution is -2.29. The van der Waals surface area contributed by atoms with Gasteiger partial charge in [-0.3, -0.25) is 0 Å². The summed E-state index contributed by atoms with van der Waals surface area (Å²) in [5.41, 5.74) is 0.939. The number of hydrogen-bond donors (Lipinski definition) is 1. The van der Waals surface area contributed by atoms with E-state index in [-0.39, 0.29) is 5.38 Å². The minimum absolute atomic E-state index is 0.214. The zero-order chi connectivity index (χ0) is 11.4. The summed E-state index contributed by atoms with van der Waals surface area (Å²) in [6.07, 6.45) is 6.01. The number of aryl methyl sites for hydroxylation is 1. The second-order valence-electron chi connectivity index (χ2n) is 4.46. The second-order valence-corrected chi connectivity index (χ2v) is 5.03. The highest BCUT2D eigenvalue weighted by Crippen LogP contribution is 2.24. The predicted molar refractivity (Wildman–Crippen MR) is 66.9 cm³/mol. The van der Waals surface area contributed by atoms with Gasteiger partial charge in [0.1, 0.15) is 5.82 Å². The van der Waals surface area contributed by atoms with Gasteiger partial charge < -0.3 is 5.32 Å². The summed E-state index contributed by atoms with van der Waals surface area (Å²) < 4.78 is 0. The second kappa shape index (κ2) is 5.48. The van der Waals surface area contributed by atoms with E-state index in [0.717, 1.165) is 24.4 Å². The molecule has 1 N–H and O–H groups in total. The van der Waals surface area contributed by atoms with Gasteiger partial charge in [0.15, 0.2) is 0 Å². The van der Waals surface area contributed by atoms with Gasteiger partial charge >= 0.3 is 0 Å². The molecule has 1 saturated carbocycles. The van der Waals surface area contributed by atoms with Crippen LogP contribution in [-0.4, -0.2) is 21.6 Å². The number of nitrogens with one attached hydrogen (secondary N) is 1. The van der Waals surface area contributed by atoms with Crippen LogP contribution in [0.15, 0.2) is 12.1 Å². The Labute approximate surface area is 102 Å². The molecular weight excluding hydrogens is 222 g/mol. The van der Waals surface area contributed by atoms with Gasteiger partial charge in [0.2, 0.25) is 0 Å². The molecule has 1 aromatic heterocycles. The van der Waals surface area contributed by atoms with Crippen LogP contribution in [0.5, 0.6) is 0 Å². The standard InChI is InChI=1S/C12H18ClN3/c1-9-7-8-12(16-15-9)14-11-6-4-2-3-5-10(11)13/h7-8,10-11H,2-6H2,1H3,(H,14,16). The Morgan fingerprint density at radius 1 is 1.19 bits per heavy atom. The molecule has 2 unspecified atom stereocenters. The number of anilines is 1. The lowest BCUT2D eigenvalue weighted by Gasteiger charge is -2.21. The molecule has 2 rings (SSSR count). The molecule has 1 aliphatic rings. The largest absolute Gasteiger partial charge is 0.364 e. The Morgan fingerprint density at radius 3 is 2.75 bits per heavy atom.